The maximum atomic E-state index is 13.4. The van der Waals surface area contributed by atoms with Gasteiger partial charge in [0.25, 0.3) is 5.78 Å². The Hall–Kier alpha value is -3.20. The van der Waals surface area contributed by atoms with E-state index in [1.807, 2.05) is 18.2 Å². The van der Waals surface area contributed by atoms with Crippen molar-refractivity contribution >= 4 is 29.1 Å². The van der Waals surface area contributed by atoms with E-state index in [1.165, 1.54) is 10.7 Å². The molecule has 2 atom stereocenters. The van der Waals surface area contributed by atoms with Crippen LogP contribution in [0, 0.1) is 11.8 Å². The highest BCUT2D eigenvalue weighted by molar-refractivity contribution is 6.30. The summed E-state index contributed by atoms with van der Waals surface area (Å²) in [5, 5.41) is 4.75. The minimum Gasteiger partial charge on any atom is -0.497 e. The molecule has 5 rings (SSSR count). The van der Waals surface area contributed by atoms with Crippen molar-refractivity contribution in [1.82, 2.24) is 19.6 Å². The molecule has 2 fully saturated rings. The Kier molecular flexibility index (Phi) is 6.83. The van der Waals surface area contributed by atoms with Gasteiger partial charge in [0.05, 0.1) is 31.6 Å². The molecule has 3 heterocycles. The summed E-state index contributed by atoms with van der Waals surface area (Å²) in [7, 11) is 3.23. The molecule has 1 aliphatic heterocycles. The first-order valence-corrected chi connectivity index (χ1v) is 12.6. The lowest BCUT2D eigenvalue weighted by Crippen LogP contribution is -2.52. The van der Waals surface area contributed by atoms with Crippen LogP contribution in [-0.2, 0) is 27.2 Å². The molecule has 3 aromatic rings. The first-order chi connectivity index (χ1) is 17.4. The monoisotopic (exact) mass is 512 g/mol. The Morgan fingerprint density at radius 1 is 1.19 bits per heavy atom. The maximum Gasteiger partial charge on any atom is 0.317 e. The number of methoxy groups -OCH3 is 2. The number of nitrogens with zero attached hydrogens (tertiary/aromatic N) is 4. The number of carbonyl (C=O) groups excluding carboxylic acids is 2. The lowest BCUT2D eigenvalue weighted by molar-refractivity contribution is -0.185. The molecule has 0 bridgehead atoms. The molecule has 0 radical (unpaired) electrons. The summed E-state index contributed by atoms with van der Waals surface area (Å²) in [6, 6.07) is 5.69. The second kappa shape index (κ2) is 10.0. The number of esters is 1. The predicted molar refractivity (Wildman–Crippen MR) is 131 cm³/mol. The maximum absolute atomic E-state index is 13.4. The molecule has 190 valence electrons. The first-order valence-electron chi connectivity index (χ1n) is 12.2. The van der Waals surface area contributed by atoms with Crippen LogP contribution >= 0.6 is 11.6 Å². The average Bonchev–Trinajstić information content (AvgIpc) is 3.55. The molecule has 9 nitrogen and oxygen atoms in total. The van der Waals surface area contributed by atoms with E-state index in [9.17, 15) is 9.59 Å². The lowest BCUT2D eigenvalue weighted by Gasteiger charge is -2.43. The number of benzene rings is 1. The van der Waals surface area contributed by atoms with Crippen LogP contribution in [0.4, 0.5) is 0 Å². The molecule has 36 heavy (non-hydrogen) atoms. The smallest absolute Gasteiger partial charge is 0.317 e. The number of carbonyl (C=O) groups is 2. The van der Waals surface area contributed by atoms with Gasteiger partial charge in [-0.3, -0.25) is 9.59 Å². The third-order valence-electron chi connectivity index (χ3n) is 7.45. The number of aryl methyl sites for hydroxylation is 1. The molecule has 1 saturated heterocycles. The standard InChI is InChI=1S/C26H29ClN4O5/c1-34-19-8-7-16(22(11-19)35-2)9-10-26(17-5-3-4-6-17)13-21(32)20(24(33)36-26)12-23-29-25-28-14-18(27)15-31(25)30-23/h7-8,11,14-15,17,20H,3-6,9-10,12-13H2,1-2H3. The van der Waals surface area contributed by atoms with Gasteiger partial charge < -0.3 is 14.2 Å². The minimum absolute atomic E-state index is 0.0751. The fourth-order valence-electron chi connectivity index (χ4n) is 5.55. The molecule has 0 N–H and O–H groups in total. The molecule has 10 heteroatoms. The number of hydrogen-bond acceptors (Lipinski definition) is 8. The lowest BCUT2D eigenvalue weighted by atomic mass is 9.73. The van der Waals surface area contributed by atoms with Crippen LogP contribution in [0.25, 0.3) is 5.78 Å². The number of aromatic nitrogens is 4. The normalized spacial score (nSPS) is 22.7. The highest BCUT2D eigenvalue weighted by atomic mass is 35.5. The Balaban J connectivity index is 1.35. The molecular weight excluding hydrogens is 484 g/mol. The van der Waals surface area contributed by atoms with Crippen molar-refractivity contribution in [3.63, 3.8) is 0 Å². The Morgan fingerprint density at radius 3 is 2.72 bits per heavy atom. The molecule has 1 aromatic carbocycles. The van der Waals surface area contributed by atoms with Gasteiger partial charge in [-0.1, -0.05) is 30.5 Å². The summed E-state index contributed by atoms with van der Waals surface area (Å²) >= 11 is 5.97. The van der Waals surface area contributed by atoms with E-state index in [4.69, 9.17) is 25.8 Å². The number of hydrogen-bond donors (Lipinski definition) is 0. The molecule has 1 aliphatic carbocycles. The van der Waals surface area contributed by atoms with Crippen LogP contribution < -0.4 is 9.47 Å². The Labute approximate surface area is 214 Å². The fourth-order valence-corrected chi connectivity index (χ4v) is 5.69. The summed E-state index contributed by atoms with van der Waals surface area (Å²) in [6.45, 7) is 0. The van der Waals surface area contributed by atoms with Gasteiger partial charge in [-0.15, -0.1) is 5.10 Å². The van der Waals surface area contributed by atoms with Crippen LogP contribution in [0.3, 0.4) is 0 Å². The third kappa shape index (κ3) is 4.76. The summed E-state index contributed by atoms with van der Waals surface area (Å²) in [6.07, 6.45) is 8.56. The van der Waals surface area contributed by atoms with Crippen molar-refractivity contribution in [2.24, 2.45) is 11.8 Å². The number of halogens is 1. The zero-order chi connectivity index (χ0) is 25.3. The fraction of sp³-hybridized carbons (Fsp3) is 0.500. The summed E-state index contributed by atoms with van der Waals surface area (Å²) in [5.74, 6) is 0.763. The number of fused-ring (bicyclic) bond motifs is 1. The highest BCUT2D eigenvalue weighted by Gasteiger charge is 2.51. The largest absolute Gasteiger partial charge is 0.497 e. The first kappa shape index (κ1) is 24.5. The molecule has 2 aliphatic rings. The van der Waals surface area contributed by atoms with Gasteiger partial charge in [0.1, 0.15) is 23.0 Å². The highest BCUT2D eigenvalue weighted by Crippen LogP contribution is 2.45. The number of cyclic esters (lactones) is 1. The number of ketones is 1. The van der Waals surface area contributed by atoms with Crippen molar-refractivity contribution in [1.29, 1.82) is 0 Å². The minimum atomic E-state index is -0.928. The van der Waals surface area contributed by atoms with Gasteiger partial charge >= 0.3 is 5.97 Å². The van der Waals surface area contributed by atoms with Gasteiger partial charge in [0, 0.05) is 18.9 Å². The SMILES string of the molecule is COc1ccc(CCC2(C3CCCC3)CC(=O)C(Cc3nc4ncc(Cl)cn4n3)C(=O)O2)c(OC)c1. The molecule has 2 aromatic heterocycles. The third-order valence-corrected chi connectivity index (χ3v) is 7.65. The second-order valence-electron chi connectivity index (χ2n) is 9.59. The van der Waals surface area contributed by atoms with Gasteiger partial charge in [-0.05, 0) is 43.2 Å². The van der Waals surface area contributed by atoms with Gasteiger partial charge in [-0.2, -0.15) is 4.98 Å². The van der Waals surface area contributed by atoms with Crippen LogP contribution in [0.5, 0.6) is 11.5 Å². The van der Waals surface area contributed by atoms with E-state index in [0.29, 0.717) is 41.0 Å². The topological polar surface area (TPSA) is 105 Å². The summed E-state index contributed by atoms with van der Waals surface area (Å²) in [5.41, 5.74) is 0.175. The van der Waals surface area contributed by atoms with E-state index in [0.717, 1.165) is 31.2 Å². The van der Waals surface area contributed by atoms with E-state index < -0.39 is 17.5 Å². The zero-order valence-corrected chi connectivity index (χ0v) is 21.2. The van der Waals surface area contributed by atoms with E-state index >= 15 is 0 Å². The predicted octanol–water partition coefficient (Wildman–Crippen LogP) is 4.03. The Bertz CT molecular complexity index is 1270. The van der Waals surface area contributed by atoms with Crippen LogP contribution in [0.1, 0.15) is 49.9 Å². The van der Waals surface area contributed by atoms with Crippen molar-refractivity contribution in [3.05, 3.63) is 47.0 Å². The number of rotatable bonds is 8. The molecule has 0 spiro atoms. The molecular formula is C26H29ClN4O5. The number of Topliss-reactive ketones (excluding diaryl/α,β-unsaturated/α-hetero) is 1. The zero-order valence-electron chi connectivity index (χ0n) is 20.4. The second-order valence-corrected chi connectivity index (χ2v) is 10.0. The quantitative estimate of drug-likeness (QED) is 0.329. The van der Waals surface area contributed by atoms with Gasteiger partial charge in [0.2, 0.25) is 0 Å². The van der Waals surface area contributed by atoms with Crippen molar-refractivity contribution < 1.29 is 23.8 Å². The van der Waals surface area contributed by atoms with Crippen LogP contribution in [-0.4, -0.2) is 51.2 Å². The number of ether oxygens (including phenoxy) is 3. The van der Waals surface area contributed by atoms with Crippen molar-refractivity contribution in [2.45, 2.75) is 57.0 Å². The van der Waals surface area contributed by atoms with E-state index in [1.54, 1.807) is 20.4 Å². The van der Waals surface area contributed by atoms with Gasteiger partial charge in [0.15, 0.2) is 11.6 Å². The average molecular weight is 513 g/mol. The van der Waals surface area contributed by atoms with E-state index in [2.05, 4.69) is 15.1 Å². The Morgan fingerprint density at radius 2 is 2.00 bits per heavy atom. The molecule has 1 saturated carbocycles. The van der Waals surface area contributed by atoms with Crippen LogP contribution in [0.15, 0.2) is 30.6 Å². The van der Waals surface area contributed by atoms with Crippen molar-refractivity contribution in [3.8, 4) is 11.5 Å². The molecule has 0 amide bonds. The van der Waals surface area contributed by atoms with E-state index in [-0.39, 0.29) is 24.5 Å². The van der Waals surface area contributed by atoms with Crippen molar-refractivity contribution in [2.75, 3.05) is 14.2 Å². The molecule has 2 unspecified atom stereocenters. The summed E-state index contributed by atoms with van der Waals surface area (Å²) in [4.78, 5) is 35.2. The van der Waals surface area contributed by atoms with Gasteiger partial charge in [-0.25, -0.2) is 9.50 Å². The van der Waals surface area contributed by atoms with Crippen LogP contribution in [0.2, 0.25) is 5.02 Å². The summed E-state index contributed by atoms with van der Waals surface area (Å²) < 4.78 is 18.5.